The number of nitrogens with zero attached hydrogens (tertiary/aromatic N) is 1. The van der Waals surface area contributed by atoms with E-state index in [-0.39, 0.29) is 11.9 Å². The Morgan fingerprint density at radius 2 is 2.19 bits per heavy atom. The van der Waals surface area contributed by atoms with Gasteiger partial charge in [-0.2, -0.15) is 5.10 Å². The van der Waals surface area contributed by atoms with E-state index < -0.39 is 0 Å². The van der Waals surface area contributed by atoms with Crippen molar-refractivity contribution in [1.29, 1.82) is 0 Å². The number of carbonyl (C=O) groups excluding carboxylic acids is 1. The molecule has 2 atom stereocenters. The third-order valence-electron chi connectivity index (χ3n) is 3.99. The molecular formula is C17H25N3O. The van der Waals surface area contributed by atoms with Crippen molar-refractivity contribution < 1.29 is 4.79 Å². The van der Waals surface area contributed by atoms with Gasteiger partial charge in [0.05, 0.1) is 0 Å². The first-order valence-electron chi connectivity index (χ1n) is 7.76. The van der Waals surface area contributed by atoms with Crippen molar-refractivity contribution in [3.63, 3.8) is 0 Å². The van der Waals surface area contributed by atoms with Gasteiger partial charge in [-0.3, -0.25) is 4.79 Å². The molecule has 4 nitrogen and oxygen atoms in total. The molecule has 1 amide bonds. The minimum absolute atomic E-state index is 0.0956. The number of hydrazone groups is 1. The summed E-state index contributed by atoms with van der Waals surface area (Å²) in [5.74, 6) is 0.390. The van der Waals surface area contributed by atoms with Crippen LogP contribution in [0, 0.1) is 12.8 Å². The number of benzene rings is 1. The van der Waals surface area contributed by atoms with Gasteiger partial charge < -0.3 is 5.32 Å². The maximum absolute atomic E-state index is 12.1. The number of amides is 1. The van der Waals surface area contributed by atoms with Crippen LogP contribution >= 0.6 is 0 Å². The van der Waals surface area contributed by atoms with E-state index in [2.05, 4.69) is 22.8 Å². The molecule has 0 unspecified atom stereocenters. The Morgan fingerprint density at radius 1 is 1.38 bits per heavy atom. The summed E-state index contributed by atoms with van der Waals surface area (Å²) in [6.07, 6.45) is 4.61. The summed E-state index contributed by atoms with van der Waals surface area (Å²) in [6, 6.07) is 7.69. The standard InChI is InChI=1S/C17H25N3O/c1-12-7-6-9-15(11-12)18-14(3)17(21)20-19-16-10-5-4-8-13(16)2/h6-7,9,11,13-14,18H,4-5,8,10H2,1-3H3,(H,20,21)/t13-,14-/m0/s1. The Morgan fingerprint density at radius 3 is 2.90 bits per heavy atom. The van der Waals surface area contributed by atoms with Crippen LogP contribution in [0.1, 0.15) is 45.1 Å². The number of hydrogen-bond donors (Lipinski definition) is 2. The zero-order chi connectivity index (χ0) is 15.2. The largest absolute Gasteiger partial charge is 0.374 e. The monoisotopic (exact) mass is 287 g/mol. The first-order chi connectivity index (χ1) is 10.1. The van der Waals surface area contributed by atoms with Crippen molar-refractivity contribution in [2.24, 2.45) is 11.0 Å². The molecule has 2 N–H and O–H groups in total. The van der Waals surface area contributed by atoms with Crippen molar-refractivity contribution in [2.75, 3.05) is 5.32 Å². The van der Waals surface area contributed by atoms with E-state index in [9.17, 15) is 4.79 Å². The molecule has 21 heavy (non-hydrogen) atoms. The molecule has 1 aliphatic rings. The van der Waals surface area contributed by atoms with Gasteiger partial charge in [-0.25, -0.2) is 5.43 Å². The minimum Gasteiger partial charge on any atom is -0.374 e. The summed E-state index contributed by atoms with van der Waals surface area (Å²) in [6.45, 7) is 6.06. The van der Waals surface area contributed by atoms with Crippen LogP contribution in [0.2, 0.25) is 0 Å². The van der Waals surface area contributed by atoms with Crippen molar-refractivity contribution >= 4 is 17.3 Å². The smallest absolute Gasteiger partial charge is 0.262 e. The highest BCUT2D eigenvalue weighted by molar-refractivity contribution is 5.90. The van der Waals surface area contributed by atoms with E-state index >= 15 is 0 Å². The number of anilines is 1. The van der Waals surface area contributed by atoms with Gasteiger partial charge >= 0.3 is 0 Å². The number of aryl methyl sites for hydroxylation is 1. The Bertz CT molecular complexity index is 525. The SMILES string of the molecule is Cc1cccc(N[C@@H](C)C(=O)NN=C2CCCC[C@@H]2C)c1. The third-order valence-corrected chi connectivity index (χ3v) is 3.99. The molecule has 1 fully saturated rings. The Kier molecular flexibility index (Phi) is 5.37. The molecule has 0 aliphatic heterocycles. The summed E-state index contributed by atoms with van der Waals surface area (Å²) in [5, 5.41) is 7.52. The fraction of sp³-hybridized carbons (Fsp3) is 0.529. The van der Waals surface area contributed by atoms with Crippen LogP contribution in [0.15, 0.2) is 29.4 Å². The summed E-state index contributed by atoms with van der Waals surface area (Å²) < 4.78 is 0. The number of rotatable bonds is 4. The Hall–Kier alpha value is -1.84. The molecule has 1 aromatic rings. The van der Waals surface area contributed by atoms with Gasteiger partial charge in [-0.1, -0.05) is 25.5 Å². The van der Waals surface area contributed by atoms with E-state index in [1.165, 1.54) is 24.8 Å². The lowest BCUT2D eigenvalue weighted by molar-refractivity contribution is -0.121. The van der Waals surface area contributed by atoms with Crippen LogP contribution in [0.3, 0.4) is 0 Å². The normalized spacial score (nSPS) is 21.9. The quantitative estimate of drug-likeness (QED) is 0.833. The Labute approximate surface area is 127 Å². The van der Waals surface area contributed by atoms with Gasteiger partial charge in [0.15, 0.2) is 0 Å². The zero-order valence-electron chi connectivity index (χ0n) is 13.1. The second-order valence-corrected chi connectivity index (χ2v) is 5.96. The second kappa shape index (κ2) is 7.25. The predicted molar refractivity (Wildman–Crippen MR) is 87.5 cm³/mol. The maximum atomic E-state index is 12.1. The van der Waals surface area contributed by atoms with Crippen molar-refractivity contribution in [3.05, 3.63) is 29.8 Å². The van der Waals surface area contributed by atoms with E-state index in [0.717, 1.165) is 17.8 Å². The van der Waals surface area contributed by atoms with Gasteiger partial charge in [0.1, 0.15) is 6.04 Å². The average molecular weight is 287 g/mol. The molecule has 0 radical (unpaired) electrons. The van der Waals surface area contributed by atoms with Crippen LogP contribution < -0.4 is 10.7 Å². The number of hydrogen-bond acceptors (Lipinski definition) is 3. The van der Waals surface area contributed by atoms with Crippen LogP contribution in [-0.2, 0) is 4.79 Å². The first-order valence-corrected chi connectivity index (χ1v) is 7.76. The number of carbonyl (C=O) groups is 1. The lowest BCUT2D eigenvalue weighted by atomic mass is 9.89. The van der Waals surface area contributed by atoms with Gasteiger partial charge in [0.25, 0.3) is 5.91 Å². The minimum atomic E-state index is -0.310. The first kappa shape index (κ1) is 15.5. The molecule has 0 heterocycles. The molecule has 2 rings (SSSR count). The van der Waals surface area contributed by atoms with Crippen molar-refractivity contribution in [1.82, 2.24) is 5.43 Å². The van der Waals surface area contributed by atoms with E-state index in [4.69, 9.17) is 0 Å². The predicted octanol–water partition coefficient (Wildman–Crippen LogP) is 3.48. The zero-order valence-corrected chi connectivity index (χ0v) is 13.1. The topological polar surface area (TPSA) is 53.5 Å². The van der Waals surface area contributed by atoms with Gasteiger partial charge in [-0.05, 0) is 56.7 Å². The highest BCUT2D eigenvalue weighted by atomic mass is 16.2. The Balaban J connectivity index is 1.89. The summed E-state index contributed by atoms with van der Waals surface area (Å²) >= 11 is 0. The van der Waals surface area contributed by atoms with Gasteiger partial charge in [0, 0.05) is 11.4 Å². The van der Waals surface area contributed by atoms with Crippen molar-refractivity contribution in [2.45, 2.75) is 52.5 Å². The molecule has 1 aromatic carbocycles. The summed E-state index contributed by atoms with van der Waals surface area (Å²) in [7, 11) is 0. The molecule has 0 aromatic heterocycles. The molecule has 1 saturated carbocycles. The molecule has 0 saturated heterocycles. The third kappa shape index (κ3) is 4.59. The lowest BCUT2D eigenvalue weighted by Gasteiger charge is -2.20. The molecule has 114 valence electrons. The van der Waals surface area contributed by atoms with Crippen molar-refractivity contribution in [3.8, 4) is 0 Å². The van der Waals surface area contributed by atoms with Crippen LogP contribution in [0.5, 0.6) is 0 Å². The molecule has 1 aliphatic carbocycles. The highest BCUT2D eigenvalue weighted by Crippen LogP contribution is 2.20. The van der Waals surface area contributed by atoms with Crippen LogP contribution in [0.4, 0.5) is 5.69 Å². The highest BCUT2D eigenvalue weighted by Gasteiger charge is 2.17. The van der Waals surface area contributed by atoms with E-state index in [1.54, 1.807) is 0 Å². The molecular weight excluding hydrogens is 262 g/mol. The fourth-order valence-corrected chi connectivity index (χ4v) is 2.61. The van der Waals surface area contributed by atoms with E-state index in [1.807, 2.05) is 38.1 Å². The summed E-state index contributed by atoms with van der Waals surface area (Å²) in [5.41, 5.74) is 5.95. The van der Waals surface area contributed by atoms with Crippen LogP contribution in [0.25, 0.3) is 0 Å². The average Bonchev–Trinajstić information content (AvgIpc) is 2.46. The molecule has 4 heteroatoms. The van der Waals surface area contributed by atoms with Gasteiger partial charge in [-0.15, -0.1) is 0 Å². The van der Waals surface area contributed by atoms with E-state index in [0.29, 0.717) is 5.92 Å². The second-order valence-electron chi connectivity index (χ2n) is 5.96. The van der Waals surface area contributed by atoms with Crippen LogP contribution in [-0.4, -0.2) is 17.7 Å². The summed E-state index contributed by atoms with van der Waals surface area (Å²) in [4.78, 5) is 12.1. The molecule has 0 bridgehead atoms. The maximum Gasteiger partial charge on any atom is 0.262 e. The fourth-order valence-electron chi connectivity index (χ4n) is 2.61. The molecule has 0 spiro atoms. The number of nitrogens with one attached hydrogen (secondary N) is 2. The lowest BCUT2D eigenvalue weighted by Crippen LogP contribution is -2.36. The van der Waals surface area contributed by atoms with Gasteiger partial charge in [0.2, 0.25) is 0 Å².